The molecule has 2 N–H and O–H groups in total. The summed E-state index contributed by atoms with van der Waals surface area (Å²) in [6.45, 7) is 2.37. The van der Waals surface area contributed by atoms with Crippen LogP contribution in [0.15, 0.2) is 12.1 Å². The van der Waals surface area contributed by atoms with Gasteiger partial charge in [-0.25, -0.2) is 0 Å². The first-order valence-corrected chi connectivity index (χ1v) is 5.13. The molecule has 90 valence electrons. The Bertz CT molecular complexity index is 325. The van der Waals surface area contributed by atoms with E-state index >= 15 is 0 Å². The predicted molar refractivity (Wildman–Crippen MR) is 62.9 cm³/mol. The summed E-state index contributed by atoms with van der Waals surface area (Å²) in [6.07, 6.45) is 0. The molecule has 1 rings (SSSR count). The summed E-state index contributed by atoms with van der Waals surface area (Å²) in [4.78, 5) is 0. The zero-order valence-electron chi connectivity index (χ0n) is 10.2. The molecule has 1 atom stereocenters. The second kappa shape index (κ2) is 5.72. The first-order valence-electron chi connectivity index (χ1n) is 5.13. The molecule has 0 aromatic heterocycles. The largest absolute Gasteiger partial charge is 0.496 e. The minimum atomic E-state index is -0.0561. The lowest BCUT2D eigenvalue weighted by atomic mass is 10.0. The Morgan fingerprint density at radius 3 is 1.94 bits per heavy atom. The maximum absolute atomic E-state index is 5.84. The molecule has 0 radical (unpaired) electrons. The highest BCUT2D eigenvalue weighted by molar-refractivity contribution is 5.48. The van der Waals surface area contributed by atoms with Gasteiger partial charge in [0.2, 0.25) is 0 Å². The van der Waals surface area contributed by atoms with Crippen molar-refractivity contribution in [2.45, 2.75) is 19.6 Å². The average molecular weight is 225 g/mol. The predicted octanol–water partition coefficient (Wildman–Crippen LogP) is 1.87. The summed E-state index contributed by atoms with van der Waals surface area (Å²) in [6, 6.07) is 3.78. The van der Waals surface area contributed by atoms with E-state index in [1.165, 1.54) is 0 Å². The van der Waals surface area contributed by atoms with Crippen molar-refractivity contribution in [3.8, 4) is 11.5 Å². The standard InChI is InChI=1S/C12H19NO3/c1-8(13)9-5-11(15-3)10(7-14-2)12(6-9)16-4/h5-6,8H,7,13H2,1-4H3. The maximum atomic E-state index is 5.84. The van der Waals surface area contributed by atoms with Crippen molar-refractivity contribution in [2.24, 2.45) is 5.73 Å². The quantitative estimate of drug-likeness (QED) is 0.831. The van der Waals surface area contributed by atoms with Crippen molar-refractivity contribution in [1.29, 1.82) is 0 Å². The van der Waals surface area contributed by atoms with Crippen LogP contribution in [0.5, 0.6) is 11.5 Å². The van der Waals surface area contributed by atoms with Crippen molar-refractivity contribution in [3.63, 3.8) is 0 Å². The molecule has 0 saturated carbocycles. The van der Waals surface area contributed by atoms with E-state index in [1.54, 1.807) is 21.3 Å². The van der Waals surface area contributed by atoms with Gasteiger partial charge in [-0.1, -0.05) is 0 Å². The van der Waals surface area contributed by atoms with E-state index in [-0.39, 0.29) is 6.04 Å². The first kappa shape index (κ1) is 12.8. The van der Waals surface area contributed by atoms with Gasteiger partial charge in [-0.05, 0) is 24.6 Å². The molecule has 1 aromatic carbocycles. The van der Waals surface area contributed by atoms with Crippen LogP contribution in [-0.4, -0.2) is 21.3 Å². The molecule has 0 aliphatic heterocycles. The third kappa shape index (κ3) is 2.65. The Labute approximate surface area is 96.3 Å². The molecule has 0 fully saturated rings. The Morgan fingerprint density at radius 2 is 1.62 bits per heavy atom. The number of ether oxygens (including phenoxy) is 3. The van der Waals surface area contributed by atoms with Crippen LogP contribution in [0.25, 0.3) is 0 Å². The molecule has 0 saturated heterocycles. The average Bonchev–Trinajstić information content (AvgIpc) is 2.29. The van der Waals surface area contributed by atoms with Crippen LogP contribution in [0.2, 0.25) is 0 Å². The molecule has 4 heteroatoms. The van der Waals surface area contributed by atoms with E-state index in [4.69, 9.17) is 19.9 Å². The van der Waals surface area contributed by atoms with E-state index in [0.29, 0.717) is 6.61 Å². The van der Waals surface area contributed by atoms with Crippen molar-refractivity contribution in [2.75, 3.05) is 21.3 Å². The molecule has 0 heterocycles. The maximum Gasteiger partial charge on any atom is 0.128 e. The fourth-order valence-corrected chi connectivity index (χ4v) is 1.55. The fraction of sp³-hybridized carbons (Fsp3) is 0.500. The highest BCUT2D eigenvalue weighted by Crippen LogP contribution is 2.32. The second-order valence-electron chi connectivity index (χ2n) is 3.63. The van der Waals surface area contributed by atoms with Gasteiger partial charge in [0.25, 0.3) is 0 Å². The number of nitrogens with two attached hydrogens (primary N) is 1. The molecule has 0 aliphatic rings. The van der Waals surface area contributed by atoms with Gasteiger partial charge in [0.05, 0.1) is 26.4 Å². The number of methoxy groups -OCH3 is 3. The molecule has 4 nitrogen and oxygen atoms in total. The first-order chi connectivity index (χ1) is 7.63. The molecular weight excluding hydrogens is 206 g/mol. The molecule has 1 aromatic rings. The van der Waals surface area contributed by atoms with E-state index in [2.05, 4.69) is 0 Å². The number of benzene rings is 1. The minimum Gasteiger partial charge on any atom is -0.496 e. The minimum absolute atomic E-state index is 0.0561. The topological polar surface area (TPSA) is 53.7 Å². The van der Waals surface area contributed by atoms with Gasteiger partial charge in [0.15, 0.2) is 0 Å². The van der Waals surface area contributed by atoms with Crippen LogP contribution in [-0.2, 0) is 11.3 Å². The van der Waals surface area contributed by atoms with E-state index < -0.39 is 0 Å². The van der Waals surface area contributed by atoms with Crippen molar-refractivity contribution in [1.82, 2.24) is 0 Å². The molecule has 16 heavy (non-hydrogen) atoms. The van der Waals surface area contributed by atoms with Gasteiger partial charge in [0.1, 0.15) is 11.5 Å². The molecule has 0 bridgehead atoms. The highest BCUT2D eigenvalue weighted by atomic mass is 16.5. The van der Waals surface area contributed by atoms with Crippen LogP contribution in [0.3, 0.4) is 0 Å². The Balaban J connectivity index is 3.25. The van der Waals surface area contributed by atoms with E-state index in [9.17, 15) is 0 Å². The summed E-state index contributed by atoms with van der Waals surface area (Å²) in [5.41, 5.74) is 7.72. The van der Waals surface area contributed by atoms with Crippen molar-refractivity contribution < 1.29 is 14.2 Å². The normalized spacial score (nSPS) is 12.3. The summed E-state index contributed by atoms with van der Waals surface area (Å²) < 4.78 is 15.8. The molecular formula is C12H19NO3. The number of hydrogen-bond acceptors (Lipinski definition) is 4. The summed E-state index contributed by atoms with van der Waals surface area (Å²) in [5, 5.41) is 0. The second-order valence-corrected chi connectivity index (χ2v) is 3.63. The third-order valence-corrected chi connectivity index (χ3v) is 2.44. The van der Waals surface area contributed by atoms with Crippen LogP contribution in [0, 0.1) is 0 Å². The molecule has 1 unspecified atom stereocenters. The van der Waals surface area contributed by atoms with Crippen LogP contribution >= 0.6 is 0 Å². The zero-order chi connectivity index (χ0) is 12.1. The van der Waals surface area contributed by atoms with Gasteiger partial charge >= 0.3 is 0 Å². The Hall–Kier alpha value is -1.26. The van der Waals surface area contributed by atoms with Crippen molar-refractivity contribution >= 4 is 0 Å². The molecule has 0 aliphatic carbocycles. The fourth-order valence-electron chi connectivity index (χ4n) is 1.55. The highest BCUT2D eigenvalue weighted by Gasteiger charge is 2.13. The van der Waals surface area contributed by atoms with E-state index in [1.807, 2.05) is 19.1 Å². The lowest BCUT2D eigenvalue weighted by Gasteiger charge is -2.16. The van der Waals surface area contributed by atoms with Gasteiger partial charge in [0, 0.05) is 13.2 Å². The molecule has 0 spiro atoms. The lowest BCUT2D eigenvalue weighted by Crippen LogP contribution is -2.07. The van der Waals surface area contributed by atoms with Gasteiger partial charge in [-0.2, -0.15) is 0 Å². The van der Waals surface area contributed by atoms with Crippen molar-refractivity contribution in [3.05, 3.63) is 23.3 Å². The summed E-state index contributed by atoms with van der Waals surface area (Å²) in [5.74, 6) is 1.49. The monoisotopic (exact) mass is 225 g/mol. The Morgan fingerprint density at radius 1 is 1.12 bits per heavy atom. The SMILES string of the molecule is COCc1c(OC)cc(C(C)N)cc1OC. The van der Waals surface area contributed by atoms with E-state index in [0.717, 1.165) is 22.6 Å². The lowest BCUT2D eigenvalue weighted by molar-refractivity contribution is 0.178. The zero-order valence-corrected chi connectivity index (χ0v) is 10.2. The van der Waals surface area contributed by atoms with Gasteiger partial charge < -0.3 is 19.9 Å². The number of rotatable bonds is 5. The summed E-state index contributed by atoms with van der Waals surface area (Å²) in [7, 11) is 4.89. The van der Waals surface area contributed by atoms with Crippen LogP contribution < -0.4 is 15.2 Å². The Kier molecular flexibility index (Phi) is 4.58. The van der Waals surface area contributed by atoms with Gasteiger partial charge in [-0.15, -0.1) is 0 Å². The van der Waals surface area contributed by atoms with Crippen LogP contribution in [0.4, 0.5) is 0 Å². The van der Waals surface area contributed by atoms with Gasteiger partial charge in [-0.3, -0.25) is 0 Å². The third-order valence-electron chi connectivity index (χ3n) is 2.44. The number of hydrogen-bond donors (Lipinski definition) is 1. The summed E-state index contributed by atoms with van der Waals surface area (Å²) >= 11 is 0. The van der Waals surface area contributed by atoms with Crippen LogP contribution in [0.1, 0.15) is 24.1 Å². The molecule has 0 amide bonds. The smallest absolute Gasteiger partial charge is 0.128 e.